The quantitative estimate of drug-likeness (QED) is 0.455. The summed E-state index contributed by atoms with van der Waals surface area (Å²) < 4.78 is 0. The van der Waals surface area contributed by atoms with Gasteiger partial charge in [-0.15, -0.1) is 5.98 Å². The first kappa shape index (κ1) is 14.4. The maximum Gasteiger partial charge on any atom is 0.184 e. The molecule has 0 heterocycles. The molecule has 1 aromatic carbocycles. The summed E-state index contributed by atoms with van der Waals surface area (Å²) in [5.41, 5.74) is 3.66. The van der Waals surface area contributed by atoms with Crippen LogP contribution in [0.15, 0.2) is 54.6 Å². The molecule has 1 rings (SSSR count). The first-order valence-corrected chi connectivity index (χ1v) is 6.36. The van der Waals surface area contributed by atoms with Gasteiger partial charge < -0.3 is 5.32 Å². The van der Waals surface area contributed by atoms with Crippen molar-refractivity contribution in [2.24, 2.45) is 0 Å². The Morgan fingerprint density at radius 2 is 2.00 bits per heavy atom. The van der Waals surface area contributed by atoms with Crippen LogP contribution in [0.25, 0.3) is 0 Å². The third kappa shape index (κ3) is 5.09. The molecule has 0 aromatic heterocycles. The molecule has 0 atom stereocenters. The minimum Gasteiger partial charge on any atom is -0.382 e. The Bertz CT molecular complexity index is 444. The van der Waals surface area contributed by atoms with Crippen LogP contribution in [0, 0.1) is 6.92 Å². The highest BCUT2D eigenvalue weighted by atomic mass is 14.9. The van der Waals surface area contributed by atoms with Crippen molar-refractivity contribution in [1.82, 2.24) is 0 Å². The molecule has 0 aliphatic rings. The van der Waals surface area contributed by atoms with Crippen LogP contribution < -0.4 is 10.8 Å². The Balaban J connectivity index is 2.75. The van der Waals surface area contributed by atoms with Crippen LogP contribution in [0.1, 0.15) is 19.4 Å². The van der Waals surface area contributed by atoms with E-state index in [1.807, 2.05) is 32.1 Å². The molecule has 93 valence electrons. The molecule has 2 heteroatoms. The normalized spacial score (nSPS) is 11.7. The molecule has 0 aliphatic carbocycles. The number of allylic oxidation sites excluding steroid dienone is 4. The van der Waals surface area contributed by atoms with E-state index >= 15 is 0 Å². The summed E-state index contributed by atoms with van der Waals surface area (Å²) in [6, 6.07) is 6.46. The van der Waals surface area contributed by atoms with E-state index in [1.54, 1.807) is 0 Å². The molecule has 1 N–H and O–H groups in total. The van der Waals surface area contributed by atoms with E-state index in [4.69, 9.17) is 0 Å². The van der Waals surface area contributed by atoms with E-state index in [0.717, 1.165) is 6.54 Å². The van der Waals surface area contributed by atoms with Crippen molar-refractivity contribution < 1.29 is 0 Å². The van der Waals surface area contributed by atoms with Crippen LogP contribution in [0.2, 0.25) is 0 Å². The van der Waals surface area contributed by atoms with Crippen LogP contribution >= 0.6 is 0 Å². The molecule has 0 fully saturated rings. The van der Waals surface area contributed by atoms with E-state index in [9.17, 15) is 0 Å². The van der Waals surface area contributed by atoms with Gasteiger partial charge in [0.15, 0.2) is 7.28 Å². The lowest BCUT2D eigenvalue weighted by Crippen LogP contribution is -2.18. The zero-order valence-corrected chi connectivity index (χ0v) is 11.5. The van der Waals surface area contributed by atoms with Gasteiger partial charge in [0.2, 0.25) is 0 Å². The van der Waals surface area contributed by atoms with E-state index < -0.39 is 0 Å². The molecule has 0 saturated heterocycles. The minimum atomic E-state index is 0.860. The van der Waals surface area contributed by atoms with Gasteiger partial charge in [0.1, 0.15) is 0 Å². The predicted octanol–water partition coefficient (Wildman–Crippen LogP) is 3.40. The first-order valence-electron chi connectivity index (χ1n) is 6.36. The Kier molecular flexibility index (Phi) is 6.71. The monoisotopic (exact) mass is 238 g/mol. The summed E-state index contributed by atoms with van der Waals surface area (Å²) in [5, 5.41) is 3.43. The molecule has 0 aliphatic heterocycles. The SMILES string of the molecule is C/C=C\CNc1cc(C)ccc1[B]/C=C/C=C/C. The van der Waals surface area contributed by atoms with Gasteiger partial charge in [0.05, 0.1) is 0 Å². The summed E-state index contributed by atoms with van der Waals surface area (Å²) in [4.78, 5) is 0. The number of rotatable bonds is 6. The average Bonchev–Trinajstić information content (AvgIpc) is 2.37. The van der Waals surface area contributed by atoms with Gasteiger partial charge in [0, 0.05) is 12.2 Å². The lowest BCUT2D eigenvalue weighted by atomic mass is 9.69. The van der Waals surface area contributed by atoms with Gasteiger partial charge in [-0.3, -0.25) is 0 Å². The first-order chi connectivity index (χ1) is 8.77. The van der Waals surface area contributed by atoms with E-state index in [1.165, 1.54) is 16.7 Å². The average molecular weight is 238 g/mol. The molecule has 0 spiro atoms. The van der Waals surface area contributed by atoms with E-state index in [0.29, 0.717) is 0 Å². The van der Waals surface area contributed by atoms with Crippen molar-refractivity contribution >= 4 is 18.4 Å². The van der Waals surface area contributed by atoms with Crippen LogP contribution in [0.4, 0.5) is 5.69 Å². The van der Waals surface area contributed by atoms with Gasteiger partial charge in [-0.25, -0.2) is 0 Å². The standard InChI is InChI=1S/C16H21BN/c1-4-6-8-11-17-15-10-9-14(3)13-16(15)18-12-7-5-2/h4-11,13,18H,12H2,1-3H3/b6-4+,7-5-,11-8+. The fourth-order valence-electron chi connectivity index (χ4n) is 1.59. The number of aryl methyl sites for hydroxylation is 1. The topological polar surface area (TPSA) is 12.0 Å². The fraction of sp³-hybridized carbons (Fsp3) is 0.250. The lowest BCUT2D eigenvalue weighted by Gasteiger charge is -2.10. The lowest BCUT2D eigenvalue weighted by molar-refractivity contribution is 1.32. The highest BCUT2D eigenvalue weighted by molar-refractivity contribution is 6.60. The second kappa shape index (κ2) is 8.40. The van der Waals surface area contributed by atoms with Gasteiger partial charge in [0.25, 0.3) is 0 Å². The van der Waals surface area contributed by atoms with Crippen molar-refractivity contribution in [1.29, 1.82) is 0 Å². The third-order valence-corrected chi connectivity index (χ3v) is 2.55. The largest absolute Gasteiger partial charge is 0.382 e. The Hall–Kier alpha value is -1.70. The third-order valence-electron chi connectivity index (χ3n) is 2.55. The number of hydrogen-bond donors (Lipinski definition) is 1. The van der Waals surface area contributed by atoms with Gasteiger partial charge >= 0.3 is 0 Å². The van der Waals surface area contributed by atoms with Crippen molar-refractivity contribution in [3.63, 3.8) is 0 Å². The van der Waals surface area contributed by atoms with Crippen LogP contribution in [-0.2, 0) is 0 Å². The Labute approximate surface area is 112 Å². The highest BCUT2D eigenvalue weighted by Crippen LogP contribution is 2.07. The van der Waals surface area contributed by atoms with Crippen molar-refractivity contribution in [3.05, 3.63) is 60.1 Å². The number of anilines is 1. The number of hydrogen-bond acceptors (Lipinski definition) is 1. The molecule has 0 bridgehead atoms. The van der Waals surface area contributed by atoms with Gasteiger partial charge in [-0.05, 0) is 32.4 Å². The molecular formula is C16H21BN. The van der Waals surface area contributed by atoms with Gasteiger partial charge in [-0.1, -0.05) is 48.0 Å². The van der Waals surface area contributed by atoms with Crippen molar-refractivity contribution in [2.45, 2.75) is 20.8 Å². The predicted molar refractivity (Wildman–Crippen MR) is 83.8 cm³/mol. The maximum atomic E-state index is 3.43. The molecule has 0 amide bonds. The zero-order chi connectivity index (χ0) is 13.2. The molecule has 0 saturated carbocycles. The Morgan fingerprint density at radius 1 is 1.17 bits per heavy atom. The number of nitrogens with one attached hydrogen (secondary N) is 1. The van der Waals surface area contributed by atoms with Crippen LogP contribution in [-0.4, -0.2) is 13.8 Å². The van der Waals surface area contributed by atoms with Crippen molar-refractivity contribution in [3.8, 4) is 0 Å². The van der Waals surface area contributed by atoms with Crippen LogP contribution in [0.5, 0.6) is 0 Å². The summed E-state index contributed by atoms with van der Waals surface area (Å²) in [6.45, 7) is 7.02. The molecule has 1 radical (unpaired) electrons. The molecule has 1 nitrogen and oxygen atoms in total. The molecular weight excluding hydrogens is 217 g/mol. The summed E-state index contributed by atoms with van der Waals surface area (Å²) in [7, 11) is 2.12. The van der Waals surface area contributed by atoms with Crippen molar-refractivity contribution in [2.75, 3.05) is 11.9 Å². The summed E-state index contributed by atoms with van der Waals surface area (Å²) in [6.07, 6.45) is 10.2. The smallest absolute Gasteiger partial charge is 0.184 e. The minimum absolute atomic E-state index is 0.860. The summed E-state index contributed by atoms with van der Waals surface area (Å²) in [5.74, 6) is 2.06. The second-order valence-corrected chi connectivity index (χ2v) is 4.12. The molecule has 0 unspecified atom stereocenters. The summed E-state index contributed by atoms with van der Waals surface area (Å²) >= 11 is 0. The van der Waals surface area contributed by atoms with E-state index in [-0.39, 0.29) is 0 Å². The van der Waals surface area contributed by atoms with E-state index in [2.05, 4.69) is 55.8 Å². The molecule has 1 aromatic rings. The van der Waals surface area contributed by atoms with Crippen LogP contribution in [0.3, 0.4) is 0 Å². The van der Waals surface area contributed by atoms with Gasteiger partial charge in [-0.2, -0.15) is 0 Å². The highest BCUT2D eigenvalue weighted by Gasteiger charge is 2.00. The second-order valence-electron chi connectivity index (χ2n) is 4.12. The zero-order valence-electron chi connectivity index (χ0n) is 11.5. The number of benzene rings is 1. The molecule has 18 heavy (non-hydrogen) atoms. The fourth-order valence-corrected chi connectivity index (χ4v) is 1.59. The Morgan fingerprint density at radius 3 is 2.72 bits per heavy atom. The maximum absolute atomic E-state index is 3.43.